The van der Waals surface area contributed by atoms with Crippen LogP contribution in [0.1, 0.15) is 22.3 Å². The first-order valence-electron chi connectivity index (χ1n) is 11.5. The summed E-state index contributed by atoms with van der Waals surface area (Å²) in [5.41, 5.74) is 3.87. The third-order valence-electron chi connectivity index (χ3n) is 6.04. The van der Waals surface area contributed by atoms with E-state index in [1.165, 1.54) is 11.6 Å². The Labute approximate surface area is 209 Å². The van der Waals surface area contributed by atoms with Gasteiger partial charge < -0.3 is 4.74 Å². The van der Waals surface area contributed by atoms with E-state index in [4.69, 9.17) is 4.74 Å². The molecule has 36 heavy (non-hydrogen) atoms. The van der Waals surface area contributed by atoms with Crippen molar-refractivity contribution in [3.05, 3.63) is 119 Å². The maximum atomic E-state index is 13.7. The van der Waals surface area contributed by atoms with Crippen molar-refractivity contribution in [3.8, 4) is 17.0 Å². The van der Waals surface area contributed by atoms with E-state index in [2.05, 4.69) is 26.5 Å². The second kappa shape index (κ2) is 10.2. The highest BCUT2D eigenvalue weighted by atomic mass is 31.0. The molecule has 0 spiro atoms. The maximum Gasteiger partial charge on any atom is 0.418 e. The summed E-state index contributed by atoms with van der Waals surface area (Å²) in [5.74, 6) is 0.684. The second-order valence-electron chi connectivity index (χ2n) is 8.53. The monoisotopic (exact) mass is 504 g/mol. The zero-order valence-electron chi connectivity index (χ0n) is 19.4. The lowest BCUT2D eigenvalue weighted by Gasteiger charge is -2.11. The van der Waals surface area contributed by atoms with Crippen molar-refractivity contribution >= 4 is 20.1 Å². The van der Waals surface area contributed by atoms with E-state index in [9.17, 15) is 13.2 Å². The third kappa shape index (κ3) is 5.14. The van der Waals surface area contributed by atoms with Crippen molar-refractivity contribution in [2.24, 2.45) is 0 Å². The topological polar surface area (TPSA) is 27.1 Å². The van der Waals surface area contributed by atoms with Crippen LogP contribution in [0.5, 0.6) is 5.75 Å². The largest absolute Gasteiger partial charge is 0.489 e. The third-order valence-corrected chi connectivity index (χ3v) is 6.51. The Morgan fingerprint density at radius 2 is 1.44 bits per heavy atom. The fourth-order valence-electron chi connectivity index (χ4n) is 4.20. The van der Waals surface area contributed by atoms with Gasteiger partial charge in [-0.15, -0.1) is 9.24 Å². The SMILES string of the molecule is FC(F)(F)c1cccc2c(-c3ccc(OCc4ccc(CP)cc4)cc3)n(Cc3ccccc3)nc12. The highest BCUT2D eigenvalue weighted by molar-refractivity contribution is 7.15. The predicted octanol–water partition coefficient (Wildman–Crippen LogP) is 7.72. The first-order valence-corrected chi connectivity index (χ1v) is 12.4. The predicted molar refractivity (Wildman–Crippen MR) is 140 cm³/mol. The Bertz CT molecular complexity index is 1460. The number of hydrogen-bond acceptors (Lipinski definition) is 2. The number of hydrogen-bond donors (Lipinski definition) is 0. The van der Waals surface area contributed by atoms with Crippen molar-refractivity contribution in [1.82, 2.24) is 9.78 Å². The van der Waals surface area contributed by atoms with E-state index in [1.807, 2.05) is 66.7 Å². The van der Waals surface area contributed by atoms with Crippen molar-refractivity contribution in [2.45, 2.75) is 25.5 Å². The lowest BCUT2D eigenvalue weighted by molar-refractivity contribution is -0.136. The fraction of sp³-hybridized carbons (Fsp3) is 0.138. The number of ether oxygens (including phenoxy) is 1. The van der Waals surface area contributed by atoms with Gasteiger partial charge in [-0.25, -0.2) is 0 Å². The molecule has 0 N–H and O–H groups in total. The molecule has 0 saturated carbocycles. The lowest BCUT2D eigenvalue weighted by atomic mass is 10.0. The van der Waals surface area contributed by atoms with Gasteiger partial charge in [0.1, 0.15) is 17.9 Å². The van der Waals surface area contributed by atoms with Crippen LogP contribution in [0.25, 0.3) is 22.2 Å². The molecule has 0 saturated heterocycles. The smallest absolute Gasteiger partial charge is 0.418 e. The molecule has 0 bridgehead atoms. The molecule has 182 valence electrons. The number of halogens is 3. The van der Waals surface area contributed by atoms with Gasteiger partial charge in [0.15, 0.2) is 0 Å². The van der Waals surface area contributed by atoms with Crippen LogP contribution in [0, 0.1) is 0 Å². The molecule has 4 aromatic carbocycles. The molecule has 5 aromatic rings. The summed E-state index contributed by atoms with van der Waals surface area (Å²) in [7, 11) is 2.70. The number of aromatic nitrogens is 2. The molecule has 1 heterocycles. The van der Waals surface area contributed by atoms with Gasteiger partial charge in [-0.2, -0.15) is 18.3 Å². The zero-order chi connectivity index (χ0) is 25.1. The minimum absolute atomic E-state index is 0.0508. The van der Waals surface area contributed by atoms with Gasteiger partial charge in [0, 0.05) is 10.9 Å². The Morgan fingerprint density at radius 1 is 0.750 bits per heavy atom. The van der Waals surface area contributed by atoms with Crippen molar-refractivity contribution in [3.63, 3.8) is 0 Å². The average Bonchev–Trinajstić information content (AvgIpc) is 3.26. The summed E-state index contributed by atoms with van der Waals surface area (Å²) in [6.45, 7) is 0.785. The molecule has 0 amide bonds. The van der Waals surface area contributed by atoms with Crippen LogP contribution in [0.2, 0.25) is 0 Å². The molecule has 7 heteroatoms. The van der Waals surface area contributed by atoms with E-state index in [1.54, 1.807) is 10.7 Å². The van der Waals surface area contributed by atoms with E-state index >= 15 is 0 Å². The van der Waals surface area contributed by atoms with Gasteiger partial charge in [0.2, 0.25) is 0 Å². The fourth-order valence-corrected chi connectivity index (χ4v) is 4.48. The second-order valence-corrected chi connectivity index (χ2v) is 8.93. The van der Waals surface area contributed by atoms with E-state index in [0.29, 0.717) is 30.0 Å². The zero-order valence-corrected chi connectivity index (χ0v) is 20.5. The highest BCUT2D eigenvalue weighted by Crippen LogP contribution is 2.38. The first kappa shape index (κ1) is 24.1. The molecule has 1 aromatic heterocycles. The van der Waals surface area contributed by atoms with Crippen molar-refractivity contribution < 1.29 is 17.9 Å². The molecule has 0 aliphatic heterocycles. The number of nitrogens with zero attached hydrogens (tertiary/aromatic N) is 2. The van der Waals surface area contributed by atoms with Crippen LogP contribution in [0.15, 0.2) is 97.1 Å². The van der Waals surface area contributed by atoms with Gasteiger partial charge in [-0.05, 0) is 53.2 Å². The van der Waals surface area contributed by atoms with E-state index in [0.717, 1.165) is 28.9 Å². The Morgan fingerprint density at radius 3 is 2.11 bits per heavy atom. The molecule has 5 rings (SSSR count). The summed E-state index contributed by atoms with van der Waals surface area (Å²) < 4.78 is 48.8. The molecular formula is C29H24F3N2OP. The Kier molecular flexibility index (Phi) is 6.80. The van der Waals surface area contributed by atoms with Crippen LogP contribution < -0.4 is 4.74 Å². The van der Waals surface area contributed by atoms with Crippen LogP contribution in [-0.2, 0) is 25.5 Å². The van der Waals surface area contributed by atoms with Crippen molar-refractivity contribution in [1.29, 1.82) is 0 Å². The average molecular weight is 504 g/mol. The number of benzene rings is 4. The maximum absolute atomic E-state index is 13.7. The number of rotatable bonds is 7. The summed E-state index contributed by atoms with van der Waals surface area (Å²) in [6.07, 6.45) is -3.59. The highest BCUT2D eigenvalue weighted by Gasteiger charge is 2.34. The summed E-state index contributed by atoms with van der Waals surface area (Å²) in [4.78, 5) is 0. The number of fused-ring (bicyclic) bond motifs is 1. The van der Waals surface area contributed by atoms with Gasteiger partial charge in [0.25, 0.3) is 0 Å². The number of alkyl halides is 3. The van der Waals surface area contributed by atoms with Gasteiger partial charge >= 0.3 is 6.18 Å². The molecule has 3 nitrogen and oxygen atoms in total. The van der Waals surface area contributed by atoms with E-state index < -0.39 is 11.7 Å². The van der Waals surface area contributed by atoms with Gasteiger partial charge in [-0.3, -0.25) is 4.68 Å². The quantitative estimate of drug-likeness (QED) is 0.212. The van der Waals surface area contributed by atoms with Crippen LogP contribution in [-0.4, -0.2) is 9.78 Å². The standard InChI is InChI=1S/C29H24F3N2OP/c30-29(31,32)26-8-4-7-25-27(26)33-34(17-20-5-2-1-3-6-20)28(25)23-13-15-24(16-14-23)35-18-21-9-11-22(19-36)12-10-21/h1-16H,17-19,36H2. The minimum Gasteiger partial charge on any atom is -0.489 e. The van der Waals surface area contributed by atoms with Crippen LogP contribution in [0.4, 0.5) is 13.2 Å². The van der Waals surface area contributed by atoms with E-state index in [-0.39, 0.29) is 5.52 Å². The lowest BCUT2D eigenvalue weighted by Crippen LogP contribution is -2.06. The molecule has 0 radical (unpaired) electrons. The molecule has 1 atom stereocenters. The van der Waals surface area contributed by atoms with Crippen LogP contribution >= 0.6 is 9.24 Å². The summed E-state index contributed by atoms with van der Waals surface area (Å²) >= 11 is 0. The van der Waals surface area contributed by atoms with Gasteiger partial charge in [0.05, 0.1) is 17.8 Å². The van der Waals surface area contributed by atoms with Crippen LogP contribution in [0.3, 0.4) is 0 Å². The molecular weight excluding hydrogens is 480 g/mol. The first-order chi connectivity index (χ1) is 17.4. The Balaban J connectivity index is 1.48. The molecule has 1 unspecified atom stereocenters. The molecule has 0 fully saturated rings. The molecule has 0 aliphatic rings. The summed E-state index contributed by atoms with van der Waals surface area (Å²) in [5, 5.41) is 4.89. The van der Waals surface area contributed by atoms with Gasteiger partial charge in [-0.1, -0.05) is 66.7 Å². The molecule has 0 aliphatic carbocycles. The summed E-state index contributed by atoms with van der Waals surface area (Å²) in [6, 6.07) is 29.4. The Hall–Kier alpha value is -3.63. The normalized spacial score (nSPS) is 11.7. The van der Waals surface area contributed by atoms with Crippen molar-refractivity contribution in [2.75, 3.05) is 0 Å². The minimum atomic E-state index is -4.49.